The topological polar surface area (TPSA) is 65.0 Å². The second-order valence-corrected chi connectivity index (χ2v) is 5.43. The lowest BCUT2D eigenvalue weighted by Gasteiger charge is -2.30. The van der Waals surface area contributed by atoms with E-state index in [-0.39, 0.29) is 5.92 Å². The molecule has 2 aromatic rings. The van der Waals surface area contributed by atoms with Gasteiger partial charge in [-0.1, -0.05) is 12.1 Å². The highest BCUT2D eigenvalue weighted by molar-refractivity contribution is 5.69. The van der Waals surface area contributed by atoms with Crippen molar-refractivity contribution in [3.05, 3.63) is 53.6 Å². The zero-order valence-electron chi connectivity index (χ0n) is 13.0. The van der Waals surface area contributed by atoms with E-state index in [1.807, 2.05) is 24.3 Å². The molecule has 5 nitrogen and oxygen atoms in total. The molecule has 1 aliphatic rings. The van der Waals surface area contributed by atoms with Crippen LogP contribution in [0, 0.1) is 0 Å². The van der Waals surface area contributed by atoms with Crippen molar-refractivity contribution in [2.45, 2.75) is 18.9 Å². The van der Waals surface area contributed by atoms with Gasteiger partial charge in [-0.05, 0) is 29.8 Å². The predicted molar refractivity (Wildman–Crippen MR) is 83.9 cm³/mol. The highest BCUT2D eigenvalue weighted by Gasteiger charge is 2.31. The van der Waals surface area contributed by atoms with Gasteiger partial charge in [-0.3, -0.25) is 4.79 Å². The maximum Gasteiger partial charge on any atom is 0.308 e. The summed E-state index contributed by atoms with van der Waals surface area (Å²) in [4.78, 5) is 11.0. The molecule has 0 radical (unpaired) electrons. The third-order valence-corrected chi connectivity index (χ3v) is 3.91. The van der Waals surface area contributed by atoms with Gasteiger partial charge in [-0.2, -0.15) is 0 Å². The Morgan fingerprint density at radius 3 is 2.52 bits per heavy atom. The van der Waals surface area contributed by atoms with E-state index in [0.717, 1.165) is 11.3 Å². The number of carbonyl (C=O) groups excluding carboxylic acids is 1. The molecule has 0 saturated carbocycles. The molecule has 0 aliphatic carbocycles. The number of ether oxygens (including phenoxy) is 3. The summed E-state index contributed by atoms with van der Waals surface area (Å²) in [5.41, 5.74) is 1.67. The molecule has 1 heterocycles. The molecule has 23 heavy (non-hydrogen) atoms. The van der Waals surface area contributed by atoms with E-state index < -0.39 is 12.1 Å². The van der Waals surface area contributed by atoms with Gasteiger partial charge in [0.1, 0.15) is 17.2 Å². The first kappa shape index (κ1) is 15.4. The highest BCUT2D eigenvalue weighted by atomic mass is 16.5. The minimum atomic E-state index is -0.682. The van der Waals surface area contributed by atoms with Gasteiger partial charge in [0.25, 0.3) is 0 Å². The summed E-state index contributed by atoms with van der Waals surface area (Å²) in [6.45, 7) is 1.69. The smallest absolute Gasteiger partial charge is 0.308 e. The fourth-order valence-corrected chi connectivity index (χ4v) is 2.73. The second-order valence-electron chi connectivity index (χ2n) is 5.43. The van der Waals surface area contributed by atoms with Crippen LogP contribution in [0.5, 0.6) is 17.2 Å². The molecule has 0 bridgehead atoms. The first-order chi connectivity index (χ1) is 11.1. The van der Waals surface area contributed by atoms with Crippen molar-refractivity contribution < 1.29 is 24.1 Å². The molecule has 2 aromatic carbocycles. The lowest BCUT2D eigenvalue weighted by atomic mass is 9.87. The van der Waals surface area contributed by atoms with Crippen LogP contribution in [0.2, 0.25) is 0 Å². The number of aliphatic hydroxyl groups excluding tert-OH is 1. The Balaban J connectivity index is 1.85. The molecule has 0 aromatic heterocycles. The minimum Gasteiger partial charge on any atom is -0.497 e. The Morgan fingerprint density at radius 2 is 1.87 bits per heavy atom. The van der Waals surface area contributed by atoms with Gasteiger partial charge in [0.2, 0.25) is 0 Å². The van der Waals surface area contributed by atoms with Gasteiger partial charge < -0.3 is 19.3 Å². The van der Waals surface area contributed by atoms with Crippen LogP contribution >= 0.6 is 0 Å². The Kier molecular flexibility index (Phi) is 4.21. The highest BCUT2D eigenvalue weighted by Crippen LogP contribution is 2.42. The number of hydrogen-bond donors (Lipinski definition) is 1. The molecule has 0 spiro atoms. The molecule has 2 atom stereocenters. The van der Waals surface area contributed by atoms with Crippen LogP contribution in [-0.4, -0.2) is 24.8 Å². The first-order valence-corrected chi connectivity index (χ1v) is 7.35. The van der Waals surface area contributed by atoms with E-state index in [1.54, 1.807) is 25.3 Å². The molecule has 0 saturated heterocycles. The van der Waals surface area contributed by atoms with E-state index in [4.69, 9.17) is 14.2 Å². The summed E-state index contributed by atoms with van der Waals surface area (Å²) in [6, 6.07) is 12.6. The van der Waals surface area contributed by atoms with Crippen molar-refractivity contribution >= 4 is 5.97 Å². The maximum atomic E-state index is 11.0. The van der Waals surface area contributed by atoms with Crippen LogP contribution in [0.25, 0.3) is 0 Å². The van der Waals surface area contributed by atoms with Crippen molar-refractivity contribution in [2.75, 3.05) is 13.7 Å². The number of aliphatic hydroxyl groups is 1. The number of esters is 1. The van der Waals surface area contributed by atoms with Crippen molar-refractivity contribution in [1.29, 1.82) is 0 Å². The van der Waals surface area contributed by atoms with Gasteiger partial charge in [0, 0.05) is 24.5 Å². The molecule has 3 rings (SSSR count). The molecular weight excluding hydrogens is 296 g/mol. The number of carbonyl (C=O) groups is 1. The van der Waals surface area contributed by atoms with E-state index >= 15 is 0 Å². The summed E-state index contributed by atoms with van der Waals surface area (Å²) < 4.78 is 15.9. The number of methoxy groups -OCH3 is 1. The summed E-state index contributed by atoms with van der Waals surface area (Å²) in [6.07, 6.45) is -0.682. The van der Waals surface area contributed by atoms with Crippen LogP contribution < -0.4 is 14.2 Å². The largest absolute Gasteiger partial charge is 0.497 e. The molecular formula is C18H18O5. The first-order valence-electron chi connectivity index (χ1n) is 7.35. The van der Waals surface area contributed by atoms with Gasteiger partial charge >= 0.3 is 5.97 Å². The average Bonchev–Trinajstić information content (AvgIpc) is 2.55. The van der Waals surface area contributed by atoms with Crippen molar-refractivity contribution in [1.82, 2.24) is 0 Å². The Morgan fingerprint density at radius 1 is 1.17 bits per heavy atom. The lowest BCUT2D eigenvalue weighted by molar-refractivity contribution is -0.131. The van der Waals surface area contributed by atoms with E-state index in [0.29, 0.717) is 23.7 Å². The third kappa shape index (κ3) is 3.14. The summed E-state index contributed by atoms with van der Waals surface area (Å²) in [7, 11) is 1.62. The molecule has 1 N–H and O–H groups in total. The molecule has 1 aliphatic heterocycles. The quantitative estimate of drug-likeness (QED) is 0.697. The monoisotopic (exact) mass is 314 g/mol. The van der Waals surface area contributed by atoms with Crippen molar-refractivity contribution in [3.8, 4) is 17.2 Å². The second kappa shape index (κ2) is 6.30. The van der Waals surface area contributed by atoms with E-state index in [2.05, 4.69) is 0 Å². The van der Waals surface area contributed by atoms with Crippen LogP contribution in [-0.2, 0) is 4.79 Å². The summed E-state index contributed by atoms with van der Waals surface area (Å²) >= 11 is 0. The maximum absolute atomic E-state index is 11.0. The standard InChI is InChI=1S/C18H18O5/c1-11(19)23-14-7-8-15-17(9-14)22-10-16(18(15)20)12-3-5-13(21-2)6-4-12/h3-9,16,18,20H,10H2,1-2H3. The van der Waals surface area contributed by atoms with Crippen molar-refractivity contribution in [3.63, 3.8) is 0 Å². The Hall–Kier alpha value is -2.53. The van der Waals surface area contributed by atoms with Gasteiger partial charge in [0.15, 0.2) is 0 Å². The number of fused-ring (bicyclic) bond motifs is 1. The predicted octanol–water partition coefficient (Wildman–Crippen LogP) is 2.83. The zero-order chi connectivity index (χ0) is 16.4. The van der Waals surface area contributed by atoms with Gasteiger partial charge in [-0.15, -0.1) is 0 Å². The summed E-state index contributed by atoms with van der Waals surface area (Å²) in [5.74, 6) is 1.17. The van der Waals surface area contributed by atoms with E-state index in [1.165, 1.54) is 6.92 Å². The van der Waals surface area contributed by atoms with Crippen LogP contribution in [0.3, 0.4) is 0 Å². The van der Waals surface area contributed by atoms with Crippen LogP contribution in [0.15, 0.2) is 42.5 Å². The Bertz CT molecular complexity index is 708. The number of hydrogen-bond acceptors (Lipinski definition) is 5. The average molecular weight is 314 g/mol. The fourth-order valence-electron chi connectivity index (χ4n) is 2.73. The zero-order valence-corrected chi connectivity index (χ0v) is 13.0. The molecule has 0 fully saturated rings. The number of rotatable bonds is 3. The normalized spacial score (nSPS) is 19.4. The molecule has 120 valence electrons. The summed E-state index contributed by atoms with van der Waals surface area (Å²) in [5, 5.41) is 10.7. The minimum absolute atomic E-state index is 0.159. The van der Waals surface area contributed by atoms with Crippen LogP contribution in [0.1, 0.15) is 30.1 Å². The van der Waals surface area contributed by atoms with Gasteiger partial charge in [-0.25, -0.2) is 0 Å². The number of benzene rings is 2. The van der Waals surface area contributed by atoms with Crippen molar-refractivity contribution in [2.24, 2.45) is 0 Å². The molecule has 2 unspecified atom stereocenters. The van der Waals surface area contributed by atoms with Crippen LogP contribution in [0.4, 0.5) is 0 Å². The SMILES string of the molecule is COc1ccc(C2COc3cc(OC(C)=O)ccc3C2O)cc1. The molecule has 0 amide bonds. The molecule has 5 heteroatoms. The van der Waals surface area contributed by atoms with E-state index in [9.17, 15) is 9.90 Å². The third-order valence-electron chi connectivity index (χ3n) is 3.91. The fraction of sp³-hybridized carbons (Fsp3) is 0.278. The van der Waals surface area contributed by atoms with Gasteiger partial charge in [0.05, 0.1) is 19.8 Å². The lowest BCUT2D eigenvalue weighted by Crippen LogP contribution is -2.24. The Labute approximate surface area is 134 Å².